The minimum Gasteiger partial charge on any atom is -0.340 e. The number of fused-ring (bicyclic) bond motifs is 3. The largest absolute Gasteiger partial charge is 0.340 e. The van der Waals surface area contributed by atoms with E-state index in [1.165, 1.54) is 33.2 Å². The Hall–Kier alpha value is -2.54. The fraction of sp³-hybridized carbons (Fsp3) is 0.280. The van der Waals surface area contributed by atoms with Gasteiger partial charge in [0.25, 0.3) is 0 Å². The predicted molar refractivity (Wildman–Crippen MR) is 110 cm³/mol. The van der Waals surface area contributed by atoms with E-state index in [1.54, 1.807) is 5.57 Å². The molecule has 0 N–H and O–H groups in total. The van der Waals surface area contributed by atoms with E-state index in [0.717, 1.165) is 12.8 Å². The Labute approximate surface area is 155 Å². The first-order valence-corrected chi connectivity index (χ1v) is 9.71. The number of allylic oxidation sites excluding steroid dienone is 4. The molecule has 0 saturated carbocycles. The number of nitrogens with zero attached hydrogens (tertiary/aromatic N) is 1. The Morgan fingerprint density at radius 3 is 2.65 bits per heavy atom. The molecule has 3 aromatic rings. The third-order valence-electron chi connectivity index (χ3n) is 6.43. The molecule has 0 aliphatic heterocycles. The number of hydrogen-bond donors (Lipinski definition) is 0. The summed E-state index contributed by atoms with van der Waals surface area (Å²) < 4.78 is 2.49. The Balaban J connectivity index is 1.61. The standard InChI is InChI=1S/C25H25N/c1-4-17-16-26(24-12-8-6-9-19(17)24)18-13-14-21-20-10-5-7-11-22(20)25(2,3)23(21)15-18/h5-14,16,18H,4,15H2,1-3H3. The predicted octanol–water partition coefficient (Wildman–Crippen LogP) is 6.45. The minimum atomic E-state index is 0.117. The van der Waals surface area contributed by atoms with E-state index in [1.807, 2.05) is 0 Å². The van der Waals surface area contributed by atoms with Crippen molar-refractivity contribution in [3.8, 4) is 0 Å². The minimum absolute atomic E-state index is 0.117. The summed E-state index contributed by atoms with van der Waals surface area (Å²) in [7, 11) is 0. The van der Waals surface area contributed by atoms with Crippen LogP contribution in [0.25, 0.3) is 16.5 Å². The summed E-state index contributed by atoms with van der Waals surface area (Å²) in [6.45, 7) is 7.02. The van der Waals surface area contributed by atoms with Crippen LogP contribution in [0.4, 0.5) is 0 Å². The number of aromatic nitrogens is 1. The number of hydrogen-bond acceptors (Lipinski definition) is 0. The van der Waals surface area contributed by atoms with E-state index in [0.29, 0.717) is 6.04 Å². The molecule has 0 radical (unpaired) electrons. The molecule has 1 nitrogen and oxygen atoms in total. The highest BCUT2D eigenvalue weighted by Gasteiger charge is 2.39. The molecule has 26 heavy (non-hydrogen) atoms. The average Bonchev–Trinajstić information content (AvgIpc) is 3.16. The van der Waals surface area contributed by atoms with Gasteiger partial charge < -0.3 is 4.57 Å². The summed E-state index contributed by atoms with van der Waals surface area (Å²) in [6.07, 6.45) is 9.32. The van der Waals surface area contributed by atoms with Crippen LogP contribution in [0.5, 0.6) is 0 Å². The zero-order chi connectivity index (χ0) is 17.9. The summed E-state index contributed by atoms with van der Waals surface area (Å²) >= 11 is 0. The van der Waals surface area contributed by atoms with Crippen molar-refractivity contribution in [2.24, 2.45) is 0 Å². The maximum atomic E-state index is 2.49. The van der Waals surface area contributed by atoms with Crippen LogP contribution in [0.2, 0.25) is 0 Å². The van der Waals surface area contributed by atoms with Gasteiger partial charge in [0.2, 0.25) is 0 Å². The van der Waals surface area contributed by atoms with E-state index in [2.05, 4.69) is 92.2 Å². The first-order chi connectivity index (χ1) is 12.6. The number of aryl methyl sites for hydroxylation is 1. The van der Waals surface area contributed by atoms with Crippen LogP contribution in [0, 0.1) is 0 Å². The van der Waals surface area contributed by atoms with E-state index >= 15 is 0 Å². The van der Waals surface area contributed by atoms with Gasteiger partial charge in [-0.3, -0.25) is 0 Å². The molecule has 0 fully saturated rings. The third-order valence-corrected chi connectivity index (χ3v) is 6.43. The molecule has 1 aromatic heterocycles. The van der Waals surface area contributed by atoms with Crippen molar-refractivity contribution in [1.29, 1.82) is 0 Å². The van der Waals surface area contributed by atoms with Gasteiger partial charge in [-0.2, -0.15) is 0 Å². The molecule has 1 heteroatoms. The fourth-order valence-corrected chi connectivity index (χ4v) is 4.99. The van der Waals surface area contributed by atoms with Crippen LogP contribution in [0.3, 0.4) is 0 Å². The molecule has 0 saturated heterocycles. The highest BCUT2D eigenvalue weighted by molar-refractivity contribution is 5.88. The van der Waals surface area contributed by atoms with Crippen molar-refractivity contribution in [2.75, 3.05) is 0 Å². The molecule has 1 unspecified atom stereocenters. The average molecular weight is 339 g/mol. The van der Waals surface area contributed by atoms with Crippen molar-refractivity contribution >= 4 is 16.5 Å². The first-order valence-electron chi connectivity index (χ1n) is 9.71. The third kappa shape index (κ3) is 2.03. The van der Waals surface area contributed by atoms with Crippen molar-refractivity contribution in [3.05, 3.63) is 89.1 Å². The van der Waals surface area contributed by atoms with E-state index in [9.17, 15) is 0 Å². The lowest BCUT2D eigenvalue weighted by Crippen LogP contribution is -2.21. The number of para-hydroxylation sites is 1. The number of benzene rings is 2. The second kappa shape index (κ2) is 5.48. The Morgan fingerprint density at radius 1 is 1.04 bits per heavy atom. The Morgan fingerprint density at radius 2 is 1.81 bits per heavy atom. The van der Waals surface area contributed by atoms with E-state index in [-0.39, 0.29) is 5.41 Å². The van der Waals surface area contributed by atoms with Crippen LogP contribution in [-0.2, 0) is 11.8 Å². The molecule has 1 heterocycles. The molecule has 0 spiro atoms. The lowest BCUT2D eigenvalue weighted by Gasteiger charge is -2.30. The molecular weight excluding hydrogens is 314 g/mol. The lowest BCUT2D eigenvalue weighted by atomic mass is 9.77. The summed E-state index contributed by atoms with van der Waals surface area (Å²) in [5.74, 6) is 0. The van der Waals surface area contributed by atoms with E-state index in [4.69, 9.17) is 0 Å². The molecule has 2 aromatic carbocycles. The van der Waals surface area contributed by atoms with Crippen LogP contribution >= 0.6 is 0 Å². The van der Waals surface area contributed by atoms with Gasteiger partial charge >= 0.3 is 0 Å². The molecule has 1 atom stereocenters. The number of rotatable bonds is 2. The Kier molecular flexibility index (Phi) is 3.31. The quantitative estimate of drug-likeness (QED) is 0.505. The van der Waals surface area contributed by atoms with Crippen LogP contribution in [-0.4, -0.2) is 4.57 Å². The second-order valence-electron chi connectivity index (χ2n) is 8.13. The van der Waals surface area contributed by atoms with Crippen molar-refractivity contribution in [3.63, 3.8) is 0 Å². The summed E-state index contributed by atoms with van der Waals surface area (Å²) in [5.41, 5.74) is 8.86. The zero-order valence-electron chi connectivity index (χ0n) is 15.8. The second-order valence-corrected chi connectivity index (χ2v) is 8.13. The summed E-state index contributed by atoms with van der Waals surface area (Å²) in [5, 5.41) is 1.40. The normalized spacial score (nSPS) is 20.5. The SMILES string of the molecule is CCc1cn(C2C=CC3=C(C2)C(C)(C)c2ccccc23)c2ccccc12. The molecule has 2 aliphatic carbocycles. The van der Waals surface area contributed by atoms with Gasteiger partial charge in [-0.15, -0.1) is 0 Å². The van der Waals surface area contributed by atoms with Gasteiger partial charge in [-0.1, -0.05) is 75.4 Å². The van der Waals surface area contributed by atoms with E-state index < -0.39 is 0 Å². The molecule has 2 aliphatic rings. The van der Waals surface area contributed by atoms with Crippen molar-refractivity contribution < 1.29 is 0 Å². The van der Waals surface area contributed by atoms with Gasteiger partial charge in [-0.05, 0) is 46.7 Å². The first kappa shape index (κ1) is 15.7. The topological polar surface area (TPSA) is 4.93 Å². The van der Waals surface area contributed by atoms with Gasteiger partial charge in [0.1, 0.15) is 0 Å². The summed E-state index contributed by atoms with van der Waals surface area (Å²) in [6, 6.07) is 18.2. The smallest absolute Gasteiger partial charge is 0.0557 e. The van der Waals surface area contributed by atoms with Crippen LogP contribution in [0.15, 0.2) is 72.5 Å². The molecular formula is C25H25N. The molecule has 0 bridgehead atoms. The highest BCUT2D eigenvalue weighted by Crippen LogP contribution is 2.51. The monoisotopic (exact) mass is 339 g/mol. The van der Waals surface area contributed by atoms with Gasteiger partial charge in [0.15, 0.2) is 0 Å². The van der Waals surface area contributed by atoms with Crippen molar-refractivity contribution in [2.45, 2.75) is 45.1 Å². The molecule has 5 rings (SSSR count). The Bertz CT molecular complexity index is 1070. The zero-order valence-corrected chi connectivity index (χ0v) is 15.8. The van der Waals surface area contributed by atoms with Gasteiger partial charge in [-0.25, -0.2) is 0 Å². The molecule has 130 valence electrons. The van der Waals surface area contributed by atoms with Crippen LogP contribution < -0.4 is 0 Å². The molecule has 0 amide bonds. The lowest BCUT2D eigenvalue weighted by molar-refractivity contribution is 0.536. The van der Waals surface area contributed by atoms with Crippen molar-refractivity contribution in [1.82, 2.24) is 4.57 Å². The fourth-order valence-electron chi connectivity index (χ4n) is 4.99. The summed E-state index contributed by atoms with van der Waals surface area (Å²) in [4.78, 5) is 0. The van der Waals surface area contributed by atoms with Crippen LogP contribution in [0.1, 0.15) is 49.9 Å². The maximum Gasteiger partial charge on any atom is 0.0557 e. The van der Waals surface area contributed by atoms with Gasteiger partial charge in [0.05, 0.1) is 6.04 Å². The van der Waals surface area contributed by atoms with Gasteiger partial charge in [0, 0.05) is 22.5 Å². The highest BCUT2D eigenvalue weighted by atomic mass is 15.0. The maximum absolute atomic E-state index is 2.49.